The molecule has 0 saturated carbocycles. The number of anilines is 2. The molecule has 0 aliphatic rings. The molecule has 5 heteroatoms. The van der Waals surface area contributed by atoms with E-state index in [0.717, 1.165) is 11.3 Å². The highest BCUT2D eigenvalue weighted by Gasteiger charge is 2.12. The molecule has 21 heavy (non-hydrogen) atoms. The van der Waals surface area contributed by atoms with E-state index < -0.39 is 0 Å². The molecule has 2 heterocycles. The second-order valence-electron chi connectivity index (χ2n) is 4.47. The van der Waals surface area contributed by atoms with Crippen LogP contribution in [0.15, 0.2) is 67.3 Å². The van der Waals surface area contributed by atoms with Crippen LogP contribution in [0.5, 0.6) is 0 Å². The summed E-state index contributed by atoms with van der Waals surface area (Å²) in [7, 11) is 0. The topological polar surface area (TPSA) is 41.9 Å². The molecule has 104 valence electrons. The monoisotopic (exact) mass is 388 g/mol. The van der Waals surface area contributed by atoms with Crippen molar-refractivity contribution in [1.29, 1.82) is 0 Å². The van der Waals surface area contributed by atoms with Gasteiger partial charge in [-0.1, -0.05) is 0 Å². The summed E-state index contributed by atoms with van der Waals surface area (Å²) in [6.07, 6.45) is 7.11. The maximum atomic E-state index is 4.37. The zero-order valence-electron chi connectivity index (χ0n) is 11.2. The fourth-order valence-electron chi connectivity index (χ4n) is 2.00. The van der Waals surface area contributed by atoms with Crippen molar-refractivity contribution in [3.63, 3.8) is 0 Å². The van der Waals surface area contributed by atoms with Crippen LogP contribution in [0, 0.1) is 3.57 Å². The van der Waals surface area contributed by atoms with E-state index in [2.05, 4.69) is 66.7 Å². The van der Waals surface area contributed by atoms with Crippen LogP contribution < -0.4 is 4.90 Å². The van der Waals surface area contributed by atoms with Gasteiger partial charge in [0, 0.05) is 34.0 Å². The smallest absolute Gasteiger partial charge is 0.230 e. The maximum absolute atomic E-state index is 4.37. The standard InChI is InChI=1S/C16H13IN4/c17-14-2-4-15(5-3-14)21(16-19-8-1-9-20-16)12-13-6-10-18-11-7-13/h1-11H,12H2. The van der Waals surface area contributed by atoms with Crippen LogP contribution in [-0.4, -0.2) is 15.0 Å². The Morgan fingerprint density at radius 3 is 2.19 bits per heavy atom. The van der Waals surface area contributed by atoms with Gasteiger partial charge in [-0.05, 0) is 70.6 Å². The molecular weight excluding hydrogens is 375 g/mol. The summed E-state index contributed by atoms with van der Waals surface area (Å²) < 4.78 is 1.20. The van der Waals surface area contributed by atoms with E-state index >= 15 is 0 Å². The van der Waals surface area contributed by atoms with Crippen molar-refractivity contribution in [1.82, 2.24) is 15.0 Å². The minimum Gasteiger partial charge on any atom is -0.306 e. The molecule has 0 bridgehead atoms. The second kappa shape index (κ2) is 6.62. The number of halogens is 1. The SMILES string of the molecule is Ic1ccc(N(Cc2ccncc2)c2ncccn2)cc1. The van der Waals surface area contributed by atoms with Gasteiger partial charge in [0.2, 0.25) is 5.95 Å². The minimum atomic E-state index is 0.690. The highest BCUT2D eigenvalue weighted by atomic mass is 127. The summed E-state index contributed by atoms with van der Waals surface area (Å²) in [5.74, 6) is 0.690. The van der Waals surface area contributed by atoms with Crippen molar-refractivity contribution in [3.8, 4) is 0 Å². The number of pyridine rings is 1. The average molecular weight is 388 g/mol. The fraction of sp³-hybridized carbons (Fsp3) is 0.0625. The van der Waals surface area contributed by atoms with Crippen LogP contribution in [-0.2, 0) is 6.54 Å². The predicted molar refractivity (Wildman–Crippen MR) is 91.3 cm³/mol. The average Bonchev–Trinajstić information content (AvgIpc) is 2.55. The van der Waals surface area contributed by atoms with Gasteiger partial charge in [0.05, 0.1) is 6.54 Å². The van der Waals surface area contributed by atoms with Crippen LogP contribution in [0.2, 0.25) is 0 Å². The van der Waals surface area contributed by atoms with Gasteiger partial charge in [-0.25, -0.2) is 9.97 Å². The third-order valence-corrected chi connectivity index (χ3v) is 3.74. The minimum absolute atomic E-state index is 0.690. The Labute approximate surface area is 137 Å². The molecule has 0 unspecified atom stereocenters. The third kappa shape index (κ3) is 3.55. The lowest BCUT2D eigenvalue weighted by atomic mass is 10.2. The summed E-state index contributed by atoms with van der Waals surface area (Å²) >= 11 is 2.30. The van der Waals surface area contributed by atoms with E-state index in [1.807, 2.05) is 18.2 Å². The van der Waals surface area contributed by atoms with E-state index in [1.165, 1.54) is 3.57 Å². The Morgan fingerprint density at radius 1 is 0.857 bits per heavy atom. The van der Waals surface area contributed by atoms with Gasteiger partial charge in [0.15, 0.2) is 0 Å². The van der Waals surface area contributed by atoms with Crippen molar-refractivity contribution in [2.75, 3.05) is 4.90 Å². The molecule has 2 aromatic heterocycles. The lowest BCUT2D eigenvalue weighted by Crippen LogP contribution is -2.18. The maximum Gasteiger partial charge on any atom is 0.230 e. The summed E-state index contributed by atoms with van der Waals surface area (Å²) in [6.45, 7) is 0.702. The Kier molecular flexibility index (Phi) is 4.40. The zero-order valence-corrected chi connectivity index (χ0v) is 13.4. The molecule has 0 aliphatic heterocycles. The lowest BCUT2D eigenvalue weighted by Gasteiger charge is -2.22. The van der Waals surface area contributed by atoms with Crippen molar-refractivity contribution in [3.05, 3.63) is 76.4 Å². The molecule has 0 aliphatic carbocycles. The summed E-state index contributed by atoms with van der Waals surface area (Å²) in [4.78, 5) is 14.9. The quantitative estimate of drug-likeness (QED) is 0.638. The number of aromatic nitrogens is 3. The van der Waals surface area contributed by atoms with E-state index in [9.17, 15) is 0 Å². The fourth-order valence-corrected chi connectivity index (χ4v) is 2.36. The molecule has 0 radical (unpaired) electrons. The summed E-state index contributed by atoms with van der Waals surface area (Å²) in [5, 5.41) is 0. The number of hydrogen-bond acceptors (Lipinski definition) is 4. The molecule has 0 saturated heterocycles. The van der Waals surface area contributed by atoms with Crippen LogP contribution in [0.25, 0.3) is 0 Å². The Hall–Kier alpha value is -2.02. The van der Waals surface area contributed by atoms with Gasteiger partial charge in [-0.15, -0.1) is 0 Å². The summed E-state index contributed by atoms with van der Waals surface area (Å²) in [5.41, 5.74) is 2.23. The molecular formula is C16H13IN4. The Morgan fingerprint density at radius 2 is 1.52 bits per heavy atom. The first-order valence-electron chi connectivity index (χ1n) is 6.52. The number of hydrogen-bond donors (Lipinski definition) is 0. The van der Waals surface area contributed by atoms with E-state index in [4.69, 9.17) is 0 Å². The normalized spacial score (nSPS) is 10.3. The Balaban J connectivity index is 1.97. The highest BCUT2D eigenvalue weighted by Crippen LogP contribution is 2.24. The van der Waals surface area contributed by atoms with Crippen molar-refractivity contribution < 1.29 is 0 Å². The number of nitrogens with zero attached hydrogens (tertiary/aromatic N) is 4. The highest BCUT2D eigenvalue weighted by molar-refractivity contribution is 14.1. The number of benzene rings is 1. The molecule has 4 nitrogen and oxygen atoms in total. The lowest BCUT2D eigenvalue weighted by molar-refractivity contribution is 0.908. The van der Waals surface area contributed by atoms with Gasteiger partial charge in [0.25, 0.3) is 0 Å². The first-order valence-corrected chi connectivity index (χ1v) is 7.60. The van der Waals surface area contributed by atoms with Gasteiger partial charge in [0.1, 0.15) is 0 Å². The molecule has 0 amide bonds. The second-order valence-corrected chi connectivity index (χ2v) is 5.71. The molecule has 0 N–H and O–H groups in total. The third-order valence-electron chi connectivity index (χ3n) is 3.02. The molecule has 0 spiro atoms. The van der Waals surface area contributed by atoms with Crippen LogP contribution in [0.4, 0.5) is 11.6 Å². The largest absolute Gasteiger partial charge is 0.306 e. The molecule has 1 aromatic carbocycles. The van der Waals surface area contributed by atoms with Crippen LogP contribution >= 0.6 is 22.6 Å². The molecule has 0 fully saturated rings. The summed E-state index contributed by atoms with van der Waals surface area (Å²) in [6, 6.07) is 14.2. The first-order chi connectivity index (χ1) is 10.3. The van der Waals surface area contributed by atoms with Gasteiger partial charge >= 0.3 is 0 Å². The number of rotatable bonds is 4. The van der Waals surface area contributed by atoms with Crippen molar-refractivity contribution >= 4 is 34.2 Å². The molecule has 3 rings (SSSR count). The first kappa shape index (κ1) is 13.9. The van der Waals surface area contributed by atoms with Crippen LogP contribution in [0.3, 0.4) is 0 Å². The van der Waals surface area contributed by atoms with E-state index in [1.54, 1.807) is 24.8 Å². The molecule has 0 atom stereocenters. The Bertz CT molecular complexity index is 686. The predicted octanol–water partition coefficient (Wildman–Crippen LogP) is 3.81. The van der Waals surface area contributed by atoms with Crippen molar-refractivity contribution in [2.45, 2.75) is 6.54 Å². The van der Waals surface area contributed by atoms with Gasteiger partial charge < -0.3 is 4.90 Å². The van der Waals surface area contributed by atoms with Gasteiger partial charge in [-0.2, -0.15) is 0 Å². The van der Waals surface area contributed by atoms with Crippen molar-refractivity contribution in [2.24, 2.45) is 0 Å². The van der Waals surface area contributed by atoms with Gasteiger partial charge in [-0.3, -0.25) is 4.98 Å². The van der Waals surface area contributed by atoms with E-state index in [0.29, 0.717) is 12.5 Å². The van der Waals surface area contributed by atoms with Crippen LogP contribution in [0.1, 0.15) is 5.56 Å². The van der Waals surface area contributed by atoms with E-state index in [-0.39, 0.29) is 0 Å². The zero-order chi connectivity index (χ0) is 14.5. The molecule has 3 aromatic rings.